The number of benzene rings is 2. The molecule has 0 aliphatic heterocycles. The maximum atomic E-state index is 12.6. The van der Waals surface area contributed by atoms with Crippen LogP contribution < -0.4 is 4.72 Å². The fourth-order valence-corrected chi connectivity index (χ4v) is 4.20. The van der Waals surface area contributed by atoms with Crippen molar-refractivity contribution >= 4 is 33.0 Å². The fraction of sp³-hybridized carbons (Fsp3) is 0. The first-order valence-corrected chi connectivity index (χ1v) is 9.58. The number of aromatic nitrogens is 3. The van der Waals surface area contributed by atoms with E-state index in [-0.39, 0.29) is 9.92 Å². The molecule has 0 saturated carbocycles. The van der Waals surface area contributed by atoms with Gasteiger partial charge in [0, 0.05) is 17.4 Å². The maximum Gasteiger partial charge on any atom is 0.263 e. The molecule has 130 valence electrons. The topological polar surface area (TPSA) is 76.4 Å². The van der Waals surface area contributed by atoms with E-state index >= 15 is 0 Å². The summed E-state index contributed by atoms with van der Waals surface area (Å²) in [5.74, 6) is 0.624. The molecule has 0 fully saturated rings. The molecule has 6 nitrogen and oxygen atoms in total. The SMILES string of the molecule is O=S(=O)(Nc1cccc(-c2nnc3ccccn23)c1)c1ccccc1Cl. The second-order valence-electron chi connectivity index (χ2n) is 5.57. The highest BCUT2D eigenvalue weighted by Gasteiger charge is 2.18. The molecule has 0 radical (unpaired) electrons. The normalized spacial score (nSPS) is 11.6. The van der Waals surface area contributed by atoms with E-state index < -0.39 is 10.0 Å². The highest BCUT2D eigenvalue weighted by molar-refractivity contribution is 7.92. The van der Waals surface area contributed by atoms with E-state index in [9.17, 15) is 8.42 Å². The Morgan fingerprint density at radius 1 is 0.923 bits per heavy atom. The van der Waals surface area contributed by atoms with Gasteiger partial charge in [0.25, 0.3) is 10.0 Å². The van der Waals surface area contributed by atoms with Crippen LogP contribution in [0, 0.1) is 0 Å². The molecule has 0 aliphatic carbocycles. The third-order valence-corrected chi connectivity index (χ3v) is 5.69. The maximum absolute atomic E-state index is 12.6. The second kappa shape index (κ2) is 6.44. The minimum atomic E-state index is -3.80. The van der Waals surface area contributed by atoms with Crippen molar-refractivity contribution < 1.29 is 8.42 Å². The summed E-state index contributed by atoms with van der Waals surface area (Å²) in [6.07, 6.45) is 1.85. The molecule has 2 heterocycles. The molecule has 0 saturated heterocycles. The zero-order valence-corrected chi connectivity index (χ0v) is 14.9. The summed E-state index contributed by atoms with van der Waals surface area (Å²) in [7, 11) is -3.80. The molecule has 0 spiro atoms. The zero-order chi connectivity index (χ0) is 18.1. The lowest BCUT2D eigenvalue weighted by molar-refractivity contribution is 0.601. The molecule has 4 aromatic rings. The van der Waals surface area contributed by atoms with Crippen LogP contribution >= 0.6 is 11.6 Å². The summed E-state index contributed by atoms with van der Waals surface area (Å²) in [5, 5.41) is 8.47. The lowest BCUT2D eigenvalue weighted by atomic mass is 10.2. The molecule has 1 N–H and O–H groups in total. The number of fused-ring (bicyclic) bond motifs is 1. The number of hydrogen-bond donors (Lipinski definition) is 1. The van der Waals surface area contributed by atoms with Gasteiger partial charge in [-0.05, 0) is 36.4 Å². The van der Waals surface area contributed by atoms with Crippen LogP contribution in [0.2, 0.25) is 5.02 Å². The number of halogens is 1. The molecule has 4 rings (SSSR count). The van der Waals surface area contributed by atoms with E-state index in [0.29, 0.717) is 17.2 Å². The van der Waals surface area contributed by atoms with Crippen LogP contribution in [0.25, 0.3) is 17.0 Å². The number of nitrogens with zero attached hydrogens (tertiary/aromatic N) is 3. The Hall–Kier alpha value is -2.90. The first-order valence-electron chi connectivity index (χ1n) is 7.72. The molecule has 2 aromatic heterocycles. The predicted molar refractivity (Wildman–Crippen MR) is 101 cm³/mol. The van der Waals surface area contributed by atoms with Crippen LogP contribution in [0.15, 0.2) is 77.8 Å². The number of sulfonamides is 1. The number of nitrogens with one attached hydrogen (secondary N) is 1. The summed E-state index contributed by atoms with van der Waals surface area (Å²) >= 11 is 6.01. The summed E-state index contributed by atoms with van der Waals surface area (Å²) in [6, 6.07) is 18.9. The standard InChI is InChI=1S/C18H13ClN4O2S/c19-15-8-1-2-9-16(15)26(24,25)22-14-7-5-6-13(12-14)18-21-20-17-10-3-4-11-23(17)18/h1-12,22H. The van der Waals surface area contributed by atoms with Crippen LogP contribution in [0.5, 0.6) is 0 Å². The first kappa shape index (κ1) is 16.6. The summed E-state index contributed by atoms with van der Waals surface area (Å²) < 4.78 is 29.6. The minimum absolute atomic E-state index is 0.0278. The summed E-state index contributed by atoms with van der Waals surface area (Å²) in [5.41, 5.74) is 1.86. The van der Waals surface area contributed by atoms with E-state index in [1.54, 1.807) is 30.3 Å². The molecule has 2 aromatic carbocycles. The van der Waals surface area contributed by atoms with Gasteiger partial charge in [-0.1, -0.05) is 41.9 Å². The van der Waals surface area contributed by atoms with Crippen LogP contribution in [0.4, 0.5) is 5.69 Å². The number of anilines is 1. The van der Waals surface area contributed by atoms with Crippen molar-refractivity contribution in [2.75, 3.05) is 4.72 Å². The largest absolute Gasteiger partial charge is 0.282 e. The van der Waals surface area contributed by atoms with Crippen LogP contribution in [0.1, 0.15) is 0 Å². The van der Waals surface area contributed by atoms with Crippen molar-refractivity contribution in [1.29, 1.82) is 0 Å². The van der Waals surface area contributed by atoms with Crippen LogP contribution in [0.3, 0.4) is 0 Å². The molecule has 0 bridgehead atoms. The summed E-state index contributed by atoms with van der Waals surface area (Å²) in [6.45, 7) is 0. The minimum Gasteiger partial charge on any atom is -0.282 e. The van der Waals surface area contributed by atoms with E-state index in [1.807, 2.05) is 34.9 Å². The van der Waals surface area contributed by atoms with E-state index in [1.165, 1.54) is 12.1 Å². The number of hydrogen-bond acceptors (Lipinski definition) is 4. The van der Waals surface area contributed by atoms with Gasteiger partial charge in [0.15, 0.2) is 11.5 Å². The Labute approximate surface area is 155 Å². The second-order valence-corrected chi connectivity index (χ2v) is 7.63. The molecular formula is C18H13ClN4O2S. The lowest BCUT2D eigenvalue weighted by Crippen LogP contribution is -2.13. The van der Waals surface area contributed by atoms with Crippen molar-refractivity contribution in [2.24, 2.45) is 0 Å². The molecule has 8 heteroatoms. The van der Waals surface area contributed by atoms with E-state index in [2.05, 4.69) is 14.9 Å². The fourth-order valence-electron chi connectivity index (χ4n) is 2.63. The van der Waals surface area contributed by atoms with Gasteiger partial charge in [0.05, 0.1) is 5.02 Å². The number of pyridine rings is 1. The molecule has 0 aliphatic rings. The average molecular weight is 385 g/mol. The van der Waals surface area contributed by atoms with Crippen molar-refractivity contribution in [1.82, 2.24) is 14.6 Å². The van der Waals surface area contributed by atoms with Gasteiger partial charge < -0.3 is 0 Å². The van der Waals surface area contributed by atoms with Crippen LogP contribution in [-0.2, 0) is 10.0 Å². The van der Waals surface area contributed by atoms with Gasteiger partial charge in [0.2, 0.25) is 0 Å². The van der Waals surface area contributed by atoms with Gasteiger partial charge in [0.1, 0.15) is 4.90 Å². The Kier molecular flexibility index (Phi) is 4.10. The Morgan fingerprint density at radius 2 is 1.73 bits per heavy atom. The molecule has 0 amide bonds. The van der Waals surface area contributed by atoms with Gasteiger partial charge in [-0.3, -0.25) is 9.12 Å². The third-order valence-electron chi connectivity index (χ3n) is 3.81. The Bertz CT molecular complexity index is 1200. The summed E-state index contributed by atoms with van der Waals surface area (Å²) in [4.78, 5) is 0.0278. The lowest BCUT2D eigenvalue weighted by Gasteiger charge is -2.10. The monoisotopic (exact) mass is 384 g/mol. The van der Waals surface area contributed by atoms with Gasteiger partial charge in [-0.2, -0.15) is 0 Å². The van der Waals surface area contributed by atoms with Crippen molar-refractivity contribution in [3.63, 3.8) is 0 Å². The smallest absolute Gasteiger partial charge is 0.263 e. The first-order chi connectivity index (χ1) is 12.5. The van der Waals surface area contributed by atoms with Crippen molar-refractivity contribution in [3.8, 4) is 11.4 Å². The van der Waals surface area contributed by atoms with Crippen LogP contribution in [-0.4, -0.2) is 23.0 Å². The molecule has 0 unspecified atom stereocenters. The Balaban J connectivity index is 1.72. The van der Waals surface area contributed by atoms with Crippen molar-refractivity contribution in [3.05, 3.63) is 77.9 Å². The van der Waals surface area contributed by atoms with Gasteiger partial charge in [-0.25, -0.2) is 8.42 Å². The van der Waals surface area contributed by atoms with Crippen molar-refractivity contribution in [2.45, 2.75) is 4.90 Å². The number of rotatable bonds is 4. The predicted octanol–water partition coefficient (Wildman–Crippen LogP) is 3.85. The van der Waals surface area contributed by atoms with E-state index in [4.69, 9.17) is 11.6 Å². The van der Waals surface area contributed by atoms with Gasteiger partial charge in [-0.15, -0.1) is 10.2 Å². The molecular weight excluding hydrogens is 372 g/mol. The highest BCUT2D eigenvalue weighted by Crippen LogP contribution is 2.26. The third kappa shape index (κ3) is 3.02. The zero-order valence-electron chi connectivity index (χ0n) is 13.4. The quantitative estimate of drug-likeness (QED) is 0.579. The van der Waals surface area contributed by atoms with Gasteiger partial charge >= 0.3 is 0 Å². The molecule has 26 heavy (non-hydrogen) atoms. The average Bonchev–Trinajstić information content (AvgIpc) is 3.06. The highest BCUT2D eigenvalue weighted by atomic mass is 35.5. The molecule has 0 atom stereocenters. The van der Waals surface area contributed by atoms with E-state index in [0.717, 1.165) is 5.56 Å². The Morgan fingerprint density at radius 3 is 2.58 bits per heavy atom.